The van der Waals surface area contributed by atoms with Crippen molar-refractivity contribution in [1.29, 1.82) is 0 Å². The van der Waals surface area contributed by atoms with Crippen LogP contribution in [0.15, 0.2) is 34.2 Å². The smallest absolute Gasteiger partial charge is 0.239 e. The van der Waals surface area contributed by atoms with E-state index in [4.69, 9.17) is 5.84 Å². The van der Waals surface area contributed by atoms with Crippen LogP contribution in [0.3, 0.4) is 0 Å². The Kier molecular flexibility index (Phi) is 2.91. The molecule has 0 aliphatic heterocycles. The first-order valence-electron chi connectivity index (χ1n) is 5.89. The van der Waals surface area contributed by atoms with Crippen molar-refractivity contribution in [3.8, 4) is 0 Å². The number of hydrazine groups is 1. The Labute approximate surface area is 126 Å². The second-order valence-corrected chi connectivity index (χ2v) is 5.89. The molecular formula is C11H8N8S2. The van der Waals surface area contributed by atoms with Crippen LogP contribution in [-0.2, 0) is 0 Å². The van der Waals surface area contributed by atoms with Gasteiger partial charge in [-0.25, -0.2) is 30.8 Å². The largest absolute Gasteiger partial charge is 0.341 e. The Bertz CT molecular complexity index is 930. The summed E-state index contributed by atoms with van der Waals surface area (Å²) in [7, 11) is 0. The SMILES string of the molecule is NNc1nc(Sc2ncnc3nc[nH]c23)c2ccsc2n1. The summed E-state index contributed by atoms with van der Waals surface area (Å²) in [6.45, 7) is 0. The molecular weight excluding hydrogens is 308 g/mol. The highest BCUT2D eigenvalue weighted by Crippen LogP contribution is 2.35. The van der Waals surface area contributed by atoms with E-state index in [1.165, 1.54) is 29.4 Å². The molecule has 0 unspecified atom stereocenters. The second kappa shape index (κ2) is 4.91. The van der Waals surface area contributed by atoms with Crippen LogP contribution in [-0.4, -0.2) is 29.9 Å². The predicted octanol–water partition coefficient (Wildman–Crippen LogP) is 1.79. The molecule has 4 aromatic heterocycles. The van der Waals surface area contributed by atoms with E-state index in [1.807, 2.05) is 11.4 Å². The van der Waals surface area contributed by atoms with E-state index >= 15 is 0 Å². The van der Waals surface area contributed by atoms with Crippen LogP contribution in [0.5, 0.6) is 0 Å². The standard InChI is InChI=1S/C11H8N8S2/c12-19-11-17-8-5(1-2-20-8)9(18-11)21-10-6-7(14-3-13-6)15-4-16-10/h1-4H,12H2,(H,17,18,19)(H,13,14,15,16). The summed E-state index contributed by atoms with van der Waals surface area (Å²) in [6.07, 6.45) is 3.08. The third-order valence-corrected chi connectivity index (χ3v) is 4.61. The van der Waals surface area contributed by atoms with E-state index in [0.717, 1.165) is 25.8 Å². The van der Waals surface area contributed by atoms with Gasteiger partial charge in [-0.05, 0) is 23.2 Å². The van der Waals surface area contributed by atoms with Crippen molar-refractivity contribution in [2.45, 2.75) is 10.1 Å². The number of thiophene rings is 1. The number of aromatic amines is 1. The van der Waals surface area contributed by atoms with E-state index in [9.17, 15) is 0 Å². The van der Waals surface area contributed by atoms with Crippen LogP contribution < -0.4 is 11.3 Å². The first kappa shape index (κ1) is 12.4. The predicted molar refractivity (Wildman–Crippen MR) is 81.0 cm³/mol. The number of aromatic nitrogens is 6. The van der Waals surface area contributed by atoms with Crippen molar-refractivity contribution < 1.29 is 0 Å². The lowest BCUT2D eigenvalue weighted by Gasteiger charge is -2.05. The van der Waals surface area contributed by atoms with Crippen molar-refractivity contribution in [3.05, 3.63) is 24.1 Å². The number of hydrogen-bond donors (Lipinski definition) is 3. The Morgan fingerprint density at radius 2 is 2.14 bits per heavy atom. The summed E-state index contributed by atoms with van der Waals surface area (Å²) in [6, 6.07) is 1.98. The average molecular weight is 316 g/mol. The fourth-order valence-electron chi connectivity index (χ4n) is 1.88. The maximum absolute atomic E-state index is 5.42. The molecule has 0 aliphatic carbocycles. The first-order valence-corrected chi connectivity index (χ1v) is 7.58. The summed E-state index contributed by atoms with van der Waals surface area (Å²) in [4.78, 5) is 25.1. The van der Waals surface area contributed by atoms with Crippen LogP contribution in [0.25, 0.3) is 21.4 Å². The second-order valence-electron chi connectivity index (χ2n) is 4.02. The number of imidazole rings is 1. The number of nitrogens with zero attached hydrogens (tertiary/aromatic N) is 5. The number of rotatable bonds is 3. The molecule has 104 valence electrons. The molecule has 0 fully saturated rings. The van der Waals surface area contributed by atoms with Gasteiger partial charge in [-0.2, -0.15) is 0 Å². The minimum atomic E-state index is 0.377. The van der Waals surface area contributed by atoms with Gasteiger partial charge in [0.15, 0.2) is 5.65 Å². The number of nitrogens with one attached hydrogen (secondary N) is 2. The Balaban J connectivity index is 1.87. The lowest BCUT2D eigenvalue weighted by Crippen LogP contribution is -2.10. The number of anilines is 1. The number of fused-ring (bicyclic) bond motifs is 2. The maximum atomic E-state index is 5.42. The molecule has 0 spiro atoms. The topological polar surface area (TPSA) is 118 Å². The van der Waals surface area contributed by atoms with Gasteiger partial charge < -0.3 is 4.98 Å². The van der Waals surface area contributed by atoms with Gasteiger partial charge in [0.25, 0.3) is 0 Å². The first-order chi connectivity index (χ1) is 10.3. The van der Waals surface area contributed by atoms with Gasteiger partial charge in [0.05, 0.1) is 6.33 Å². The van der Waals surface area contributed by atoms with Gasteiger partial charge in [0, 0.05) is 5.39 Å². The molecule has 0 radical (unpaired) electrons. The molecule has 0 atom stereocenters. The molecule has 8 nitrogen and oxygen atoms in total. The lowest BCUT2D eigenvalue weighted by molar-refractivity contribution is 1.05. The minimum absolute atomic E-state index is 0.377. The molecule has 0 aromatic carbocycles. The molecule has 0 bridgehead atoms. The molecule has 0 saturated carbocycles. The van der Waals surface area contributed by atoms with Crippen molar-refractivity contribution in [1.82, 2.24) is 29.9 Å². The zero-order valence-electron chi connectivity index (χ0n) is 10.4. The van der Waals surface area contributed by atoms with Gasteiger partial charge in [0.2, 0.25) is 5.95 Å². The summed E-state index contributed by atoms with van der Waals surface area (Å²) < 4.78 is 0. The maximum Gasteiger partial charge on any atom is 0.239 e. The molecule has 10 heteroatoms. The van der Waals surface area contributed by atoms with Crippen LogP contribution in [0.1, 0.15) is 0 Å². The Hall–Kier alpha value is -2.30. The molecule has 21 heavy (non-hydrogen) atoms. The summed E-state index contributed by atoms with van der Waals surface area (Å²) in [5.41, 5.74) is 3.89. The third kappa shape index (κ3) is 2.09. The highest BCUT2D eigenvalue weighted by Gasteiger charge is 2.13. The normalized spacial score (nSPS) is 11.3. The van der Waals surface area contributed by atoms with Crippen molar-refractivity contribution in [2.24, 2.45) is 5.84 Å². The molecule has 4 N–H and O–H groups in total. The van der Waals surface area contributed by atoms with Crippen LogP contribution in [0.4, 0.5) is 5.95 Å². The van der Waals surface area contributed by atoms with Crippen molar-refractivity contribution >= 4 is 50.4 Å². The van der Waals surface area contributed by atoms with E-state index in [1.54, 1.807) is 6.33 Å². The van der Waals surface area contributed by atoms with Crippen molar-refractivity contribution in [3.63, 3.8) is 0 Å². The molecule has 0 amide bonds. The van der Waals surface area contributed by atoms with E-state index in [0.29, 0.717) is 11.6 Å². The Morgan fingerprint density at radius 3 is 3.05 bits per heavy atom. The zero-order valence-corrected chi connectivity index (χ0v) is 12.1. The van der Waals surface area contributed by atoms with Crippen molar-refractivity contribution in [2.75, 3.05) is 5.43 Å². The third-order valence-electron chi connectivity index (χ3n) is 2.80. The number of H-pyrrole nitrogens is 1. The highest BCUT2D eigenvalue weighted by molar-refractivity contribution is 7.99. The fraction of sp³-hybridized carbons (Fsp3) is 0. The zero-order chi connectivity index (χ0) is 14.2. The van der Waals surface area contributed by atoms with Gasteiger partial charge in [-0.3, -0.25) is 5.43 Å². The van der Waals surface area contributed by atoms with E-state index < -0.39 is 0 Å². The van der Waals surface area contributed by atoms with Gasteiger partial charge >= 0.3 is 0 Å². The molecule has 4 rings (SSSR count). The van der Waals surface area contributed by atoms with Gasteiger partial charge in [0.1, 0.15) is 26.7 Å². The molecule has 4 heterocycles. The number of nitrogen functional groups attached to an aromatic ring is 1. The summed E-state index contributed by atoms with van der Waals surface area (Å²) >= 11 is 2.96. The van der Waals surface area contributed by atoms with E-state index in [-0.39, 0.29) is 0 Å². The lowest BCUT2D eigenvalue weighted by atomic mass is 10.4. The number of hydrogen-bond acceptors (Lipinski definition) is 9. The monoisotopic (exact) mass is 316 g/mol. The quantitative estimate of drug-likeness (QED) is 0.297. The van der Waals surface area contributed by atoms with Gasteiger partial charge in [-0.1, -0.05) is 0 Å². The number of nitrogens with two attached hydrogens (primary N) is 1. The van der Waals surface area contributed by atoms with E-state index in [2.05, 4.69) is 35.3 Å². The average Bonchev–Trinajstić information content (AvgIpc) is 3.16. The molecule has 0 saturated heterocycles. The summed E-state index contributed by atoms with van der Waals surface area (Å²) in [5, 5.41) is 4.47. The van der Waals surface area contributed by atoms with Crippen LogP contribution in [0, 0.1) is 0 Å². The minimum Gasteiger partial charge on any atom is -0.341 e. The van der Waals surface area contributed by atoms with Crippen LogP contribution in [0.2, 0.25) is 0 Å². The highest BCUT2D eigenvalue weighted by atomic mass is 32.2. The fourth-order valence-corrected chi connectivity index (χ4v) is 3.65. The summed E-state index contributed by atoms with van der Waals surface area (Å²) in [5.74, 6) is 5.80. The molecule has 4 aromatic rings. The Morgan fingerprint density at radius 1 is 1.19 bits per heavy atom. The molecule has 0 aliphatic rings. The van der Waals surface area contributed by atoms with Crippen LogP contribution >= 0.6 is 23.1 Å². The van der Waals surface area contributed by atoms with Gasteiger partial charge in [-0.15, -0.1) is 11.3 Å².